The minimum Gasteiger partial charge on any atom is -0.497 e. The number of anilines is 2. The molecule has 0 aliphatic carbocycles. The molecule has 0 atom stereocenters. The Labute approximate surface area is 108 Å². The van der Waals surface area contributed by atoms with Crippen LogP contribution in [-0.4, -0.2) is 23.2 Å². The maximum atomic E-state index is 12.0. The van der Waals surface area contributed by atoms with E-state index in [1.54, 1.807) is 12.1 Å². The zero-order valence-electron chi connectivity index (χ0n) is 10.1. The van der Waals surface area contributed by atoms with Crippen LogP contribution in [0, 0.1) is 0 Å². The number of methoxy groups -OCH3 is 1. The van der Waals surface area contributed by atoms with Crippen LogP contribution in [0.25, 0.3) is 0 Å². The molecule has 0 radical (unpaired) electrons. The number of aromatic nitrogens is 2. The number of ether oxygens (including phenoxy) is 1. The second-order valence-corrected chi connectivity index (χ2v) is 3.71. The monoisotopic (exact) mass is 260 g/mol. The zero-order valence-corrected chi connectivity index (χ0v) is 10.1. The van der Waals surface area contributed by atoms with Crippen molar-refractivity contribution >= 4 is 17.4 Å². The number of nitrogens with one attached hydrogen (secondary N) is 2. The number of nitrogen functional groups attached to an aromatic ring is 1. The average molecular weight is 260 g/mol. The van der Waals surface area contributed by atoms with Gasteiger partial charge in [-0.2, -0.15) is 5.10 Å². The van der Waals surface area contributed by atoms with Crippen molar-refractivity contribution in [2.24, 2.45) is 0 Å². The van der Waals surface area contributed by atoms with E-state index >= 15 is 0 Å². The van der Waals surface area contributed by atoms with E-state index in [-0.39, 0.29) is 16.9 Å². The fourth-order valence-electron chi connectivity index (χ4n) is 1.46. The van der Waals surface area contributed by atoms with Gasteiger partial charge < -0.3 is 15.8 Å². The Morgan fingerprint density at radius 1 is 1.37 bits per heavy atom. The minimum absolute atomic E-state index is 0.229. The van der Waals surface area contributed by atoms with Crippen LogP contribution in [-0.2, 0) is 0 Å². The van der Waals surface area contributed by atoms with Crippen molar-refractivity contribution in [1.82, 2.24) is 10.2 Å². The summed E-state index contributed by atoms with van der Waals surface area (Å²) in [5.74, 6) is 0.316. The van der Waals surface area contributed by atoms with Crippen LogP contribution in [0.15, 0.2) is 35.1 Å². The highest BCUT2D eigenvalue weighted by atomic mass is 16.5. The fraction of sp³-hybridized carbons (Fsp3) is 0.0833. The topological polar surface area (TPSA) is 110 Å². The average Bonchev–Trinajstić information content (AvgIpc) is 2.42. The molecule has 1 aromatic carbocycles. The molecular formula is C12H12N4O3. The van der Waals surface area contributed by atoms with E-state index in [4.69, 9.17) is 10.5 Å². The van der Waals surface area contributed by atoms with Gasteiger partial charge in [0.2, 0.25) is 0 Å². The number of nitrogens with two attached hydrogens (primary N) is 1. The van der Waals surface area contributed by atoms with Gasteiger partial charge in [-0.25, -0.2) is 5.10 Å². The number of aromatic amines is 1. The zero-order chi connectivity index (χ0) is 13.8. The number of hydrogen-bond acceptors (Lipinski definition) is 5. The molecular weight excluding hydrogens is 248 g/mol. The summed E-state index contributed by atoms with van der Waals surface area (Å²) < 4.78 is 5.03. The van der Waals surface area contributed by atoms with Crippen LogP contribution in [0.1, 0.15) is 10.4 Å². The van der Waals surface area contributed by atoms with Gasteiger partial charge in [-0.15, -0.1) is 0 Å². The molecule has 0 spiro atoms. The predicted octanol–water partition coefficient (Wildman–Crippen LogP) is 0.613. The molecule has 0 aliphatic heterocycles. The number of H-pyrrole nitrogens is 1. The van der Waals surface area contributed by atoms with Crippen molar-refractivity contribution in [1.29, 1.82) is 0 Å². The molecule has 1 amide bonds. The molecule has 98 valence electrons. The van der Waals surface area contributed by atoms with E-state index in [0.717, 1.165) is 0 Å². The highest BCUT2D eigenvalue weighted by molar-refractivity contribution is 6.07. The van der Waals surface area contributed by atoms with Gasteiger partial charge in [0, 0.05) is 11.8 Å². The normalized spacial score (nSPS) is 9.95. The predicted molar refractivity (Wildman–Crippen MR) is 70.2 cm³/mol. The first kappa shape index (κ1) is 12.6. The van der Waals surface area contributed by atoms with Gasteiger partial charge in [0.25, 0.3) is 11.5 Å². The number of rotatable bonds is 3. The van der Waals surface area contributed by atoms with E-state index < -0.39 is 5.91 Å². The molecule has 0 bridgehead atoms. The summed E-state index contributed by atoms with van der Waals surface area (Å²) in [5.41, 5.74) is 5.97. The van der Waals surface area contributed by atoms with Gasteiger partial charge >= 0.3 is 0 Å². The van der Waals surface area contributed by atoms with Crippen LogP contribution < -0.4 is 21.3 Å². The van der Waals surface area contributed by atoms with E-state index in [1.165, 1.54) is 25.3 Å². The molecule has 7 heteroatoms. The molecule has 0 aliphatic rings. The van der Waals surface area contributed by atoms with Gasteiger partial charge in [-0.1, -0.05) is 0 Å². The standard InChI is InChI=1S/C12H12N4O3/c1-19-7-2-3-9(13)8(6-7)12(18)14-10-4-5-11(17)16-15-10/h2-6H,13H2,1H3,(H,16,17)(H,14,15,18). The molecule has 2 rings (SSSR count). The number of hydrogen-bond donors (Lipinski definition) is 3. The van der Waals surface area contributed by atoms with Crippen molar-refractivity contribution in [3.63, 3.8) is 0 Å². The Morgan fingerprint density at radius 2 is 2.16 bits per heavy atom. The fourth-order valence-corrected chi connectivity index (χ4v) is 1.46. The number of nitrogens with zero attached hydrogens (tertiary/aromatic N) is 1. The first-order valence-electron chi connectivity index (χ1n) is 5.41. The van der Waals surface area contributed by atoms with Gasteiger partial charge in [-0.3, -0.25) is 9.59 Å². The van der Waals surface area contributed by atoms with E-state index in [1.807, 2.05) is 0 Å². The highest BCUT2D eigenvalue weighted by Gasteiger charge is 2.11. The molecule has 1 heterocycles. The van der Waals surface area contributed by atoms with Gasteiger partial charge in [0.15, 0.2) is 5.82 Å². The summed E-state index contributed by atoms with van der Waals surface area (Å²) in [7, 11) is 1.50. The Kier molecular flexibility index (Phi) is 3.46. The molecule has 0 unspecified atom stereocenters. The van der Waals surface area contributed by atoms with E-state index in [2.05, 4.69) is 15.5 Å². The van der Waals surface area contributed by atoms with Crippen LogP contribution in [0.4, 0.5) is 11.5 Å². The summed E-state index contributed by atoms with van der Waals surface area (Å²) in [6.45, 7) is 0. The maximum Gasteiger partial charge on any atom is 0.264 e. The Morgan fingerprint density at radius 3 is 2.79 bits per heavy atom. The largest absolute Gasteiger partial charge is 0.497 e. The first-order chi connectivity index (χ1) is 9.10. The van der Waals surface area contributed by atoms with Crippen LogP contribution in [0.2, 0.25) is 0 Å². The van der Waals surface area contributed by atoms with Crippen molar-refractivity contribution in [2.45, 2.75) is 0 Å². The number of benzene rings is 1. The second kappa shape index (κ2) is 5.21. The quantitative estimate of drug-likeness (QED) is 0.700. The lowest BCUT2D eigenvalue weighted by Crippen LogP contribution is -2.17. The van der Waals surface area contributed by atoms with Crippen molar-refractivity contribution in [3.8, 4) is 5.75 Å². The molecule has 0 saturated heterocycles. The van der Waals surface area contributed by atoms with Crippen molar-refractivity contribution in [3.05, 3.63) is 46.2 Å². The molecule has 7 nitrogen and oxygen atoms in total. The van der Waals surface area contributed by atoms with Crippen molar-refractivity contribution < 1.29 is 9.53 Å². The maximum absolute atomic E-state index is 12.0. The molecule has 4 N–H and O–H groups in total. The molecule has 19 heavy (non-hydrogen) atoms. The van der Waals surface area contributed by atoms with Crippen molar-refractivity contribution in [2.75, 3.05) is 18.2 Å². The van der Waals surface area contributed by atoms with Crippen LogP contribution >= 0.6 is 0 Å². The molecule has 1 aromatic heterocycles. The smallest absolute Gasteiger partial charge is 0.264 e. The third-order valence-corrected chi connectivity index (χ3v) is 2.43. The molecule has 0 fully saturated rings. The Balaban J connectivity index is 2.24. The van der Waals surface area contributed by atoms with Crippen LogP contribution in [0.3, 0.4) is 0 Å². The van der Waals surface area contributed by atoms with E-state index in [9.17, 15) is 9.59 Å². The highest BCUT2D eigenvalue weighted by Crippen LogP contribution is 2.20. The lowest BCUT2D eigenvalue weighted by molar-refractivity contribution is 0.102. The lowest BCUT2D eigenvalue weighted by atomic mass is 10.1. The van der Waals surface area contributed by atoms with E-state index in [0.29, 0.717) is 11.4 Å². The number of carbonyl (C=O) groups excluding carboxylic acids is 1. The number of carbonyl (C=O) groups is 1. The second-order valence-electron chi connectivity index (χ2n) is 3.71. The molecule has 2 aromatic rings. The summed E-state index contributed by atoms with van der Waals surface area (Å²) in [4.78, 5) is 22.9. The summed E-state index contributed by atoms with van der Waals surface area (Å²) in [6.07, 6.45) is 0. The lowest BCUT2D eigenvalue weighted by Gasteiger charge is -2.08. The Hall–Kier alpha value is -2.83. The third kappa shape index (κ3) is 2.89. The van der Waals surface area contributed by atoms with Gasteiger partial charge in [0.1, 0.15) is 5.75 Å². The third-order valence-electron chi connectivity index (χ3n) is 2.43. The summed E-state index contributed by atoms with van der Waals surface area (Å²) in [5, 5.41) is 8.41. The number of amides is 1. The summed E-state index contributed by atoms with van der Waals surface area (Å²) >= 11 is 0. The minimum atomic E-state index is -0.434. The SMILES string of the molecule is COc1ccc(N)c(C(=O)Nc2ccc(=O)[nH]n2)c1. The summed E-state index contributed by atoms with van der Waals surface area (Å²) in [6, 6.07) is 7.42. The molecule has 0 saturated carbocycles. The van der Waals surface area contributed by atoms with Crippen LogP contribution in [0.5, 0.6) is 5.75 Å². The van der Waals surface area contributed by atoms with Gasteiger partial charge in [-0.05, 0) is 24.3 Å². The van der Waals surface area contributed by atoms with Gasteiger partial charge in [0.05, 0.1) is 12.7 Å². The Bertz CT molecular complexity index is 646. The first-order valence-corrected chi connectivity index (χ1v) is 5.41.